The van der Waals surface area contributed by atoms with Gasteiger partial charge in [0, 0.05) is 4.88 Å². The molecule has 154 valence electrons. The summed E-state index contributed by atoms with van der Waals surface area (Å²) in [5, 5.41) is 13.1. The van der Waals surface area contributed by atoms with Crippen LogP contribution in [0.2, 0.25) is 0 Å². The van der Waals surface area contributed by atoms with Crippen molar-refractivity contribution in [1.29, 1.82) is 5.26 Å². The molecule has 4 rings (SSSR count). The molecule has 2 aromatic rings. The van der Waals surface area contributed by atoms with E-state index in [1.54, 1.807) is 38.1 Å². The fourth-order valence-corrected chi connectivity index (χ4v) is 5.69. The van der Waals surface area contributed by atoms with Gasteiger partial charge in [0.15, 0.2) is 0 Å². The summed E-state index contributed by atoms with van der Waals surface area (Å²) in [5.74, 6) is -1.09. The molecule has 1 N–H and O–H groups in total. The quantitative estimate of drug-likeness (QED) is 0.756. The summed E-state index contributed by atoms with van der Waals surface area (Å²) in [6, 6.07) is 7.90. The molecule has 2 atom stereocenters. The topological polar surface area (TPSA) is 90.3 Å². The number of rotatable bonds is 4. The largest absolute Gasteiger partial charge is 0.315 e. The molecular weight excluding hydrogens is 398 g/mol. The van der Waals surface area contributed by atoms with E-state index >= 15 is 0 Å². The van der Waals surface area contributed by atoms with Crippen molar-refractivity contribution in [3.8, 4) is 6.07 Å². The zero-order valence-electron chi connectivity index (χ0n) is 17.2. The molecule has 0 saturated carbocycles. The first-order valence-corrected chi connectivity index (χ1v) is 11.0. The highest BCUT2D eigenvalue weighted by molar-refractivity contribution is 7.16. The summed E-state index contributed by atoms with van der Waals surface area (Å²) in [5.41, 5.74) is 2.18. The van der Waals surface area contributed by atoms with Crippen molar-refractivity contribution in [1.82, 2.24) is 4.90 Å². The third kappa shape index (κ3) is 3.21. The standard InChI is InChI=1S/C23H23N3O3S/c1-12(2)19(26-22(28)15-6-4-5-7-16(15)23(26)29)20(27)25-21-17(11-24)14-9-8-13(3)10-18(14)30-21/h4-7,12-13,19H,8-10H2,1-3H3,(H,25,27)/t13-,19-/m1/s1. The van der Waals surface area contributed by atoms with Gasteiger partial charge in [0.25, 0.3) is 11.8 Å². The molecule has 1 aliphatic heterocycles. The van der Waals surface area contributed by atoms with Crippen LogP contribution in [0.1, 0.15) is 63.9 Å². The Hall–Kier alpha value is -2.98. The number of benzene rings is 1. The second kappa shape index (κ2) is 7.69. The van der Waals surface area contributed by atoms with Crippen LogP contribution in [0, 0.1) is 23.2 Å². The zero-order chi connectivity index (χ0) is 21.6. The second-order valence-corrected chi connectivity index (χ2v) is 9.48. The van der Waals surface area contributed by atoms with E-state index in [1.165, 1.54) is 11.3 Å². The lowest BCUT2D eigenvalue weighted by Gasteiger charge is -2.28. The van der Waals surface area contributed by atoms with Crippen LogP contribution in [0.5, 0.6) is 0 Å². The number of imide groups is 1. The van der Waals surface area contributed by atoms with Crippen molar-refractivity contribution in [2.45, 2.75) is 46.1 Å². The minimum absolute atomic E-state index is 0.285. The average molecular weight is 422 g/mol. The Bertz CT molecular complexity index is 1060. The average Bonchev–Trinajstić information content (AvgIpc) is 3.17. The lowest BCUT2D eigenvalue weighted by Crippen LogP contribution is -2.50. The van der Waals surface area contributed by atoms with E-state index in [0.29, 0.717) is 27.6 Å². The van der Waals surface area contributed by atoms with E-state index in [-0.39, 0.29) is 5.92 Å². The van der Waals surface area contributed by atoms with Gasteiger partial charge in [-0.25, -0.2) is 0 Å². The summed E-state index contributed by atoms with van der Waals surface area (Å²) in [6.45, 7) is 5.80. The van der Waals surface area contributed by atoms with E-state index in [0.717, 1.165) is 34.6 Å². The lowest BCUT2D eigenvalue weighted by atomic mass is 9.88. The third-order valence-electron chi connectivity index (χ3n) is 5.86. The van der Waals surface area contributed by atoms with Gasteiger partial charge in [-0.05, 0) is 48.8 Å². The molecule has 6 nitrogen and oxygen atoms in total. The van der Waals surface area contributed by atoms with E-state index in [1.807, 2.05) is 0 Å². The van der Waals surface area contributed by atoms with Gasteiger partial charge in [-0.1, -0.05) is 32.9 Å². The summed E-state index contributed by atoms with van der Waals surface area (Å²) >= 11 is 1.44. The van der Waals surface area contributed by atoms with Crippen molar-refractivity contribution < 1.29 is 14.4 Å². The van der Waals surface area contributed by atoms with Crippen LogP contribution in [-0.2, 0) is 17.6 Å². The fourth-order valence-electron chi connectivity index (χ4n) is 4.32. The van der Waals surface area contributed by atoms with Gasteiger partial charge in [-0.3, -0.25) is 19.3 Å². The van der Waals surface area contributed by atoms with Crippen LogP contribution in [0.25, 0.3) is 0 Å². The number of hydrogen-bond acceptors (Lipinski definition) is 5. The maximum Gasteiger partial charge on any atom is 0.262 e. The molecule has 0 unspecified atom stereocenters. The lowest BCUT2D eigenvalue weighted by molar-refractivity contribution is -0.121. The SMILES string of the molecule is CC(C)[C@H](C(=O)Nc1sc2c(c1C#N)CC[C@@H](C)C2)N1C(=O)c2ccccc2C1=O. The molecule has 1 aliphatic carbocycles. The highest BCUT2D eigenvalue weighted by Crippen LogP contribution is 2.39. The minimum Gasteiger partial charge on any atom is -0.315 e. The van der Waals surface area contributed by atoms with Crippen LogP contribution in [0.15, 0.2) is 24.3 Å². The maximum absolute atomic E-state index is 13.3. The Morgan fingerprint density at radius 1 is 1.23 bits per heavy atom. The maximum atomic E-state index is 13.3. The Morgan fingerprint density at radius 3 is 2.43 bits per heavy atom. The molecule has 2 heterocycles. The summed E-state index contributed by atoms with van der Waals surface area (Å²) in [4.78, 5) is 41.3. The predicted octanol–water partition coefficient (Wildman–Crippen LogP) is 4.00. The Kier molecular flexibility index (Phi) is 5.20. The Balaban J connectivity index is 1.65. The molecule has 1 aromatic heterocycles. The van der Waals surface area contributed by atoms with E-state index < -0.39 is 23.8 Å². The number of anilines is 1. The molecule has 2 aliphatic rings. The number of carbonyl (C=O) groups is 3. The summed E-state index contributed by atoms with van der Waals surface area (Å²) in [7, 11) is 0. The molecule has 0 fully saturated rings. The molecule has 0 spiro atoms. The smallest absolute Gasteiger partial charge is 0.262 e. The molecule has 30 heavy (non-hydrogen) atoms. The van der Waals surface area contributed by atoms with Gasteiger partial charge in [-0.2, -0.15) is 5.26 Å². The molecule has 7 heteroatoms. The van der Waals surface area contributed by atoms with Gasteiger partial charge in [0.05, 0.1) is 16.7 Å². The second-order valence-electron chi connectivity index (χ2n) is 8.37. The molecule has 1 aromatic carbocycles. The van der Waals surface area contributed by atoms with Crippen LogP contribution >= 0.6 is 11.3 Å². The molecule has 3 amide bonds. The monoisotopic (exact) mass is 421 g/mol. The molecule has 0 saturated heterocycles. The van der Waals surface area contributed by atoms with Gasteiger partial charge in [0.1, 0.15) is 17.1 Å². The molecular formula is C23H23N3O3S. The third-order valence-corrected chi connectivity index (χ3v) is 7.03. The highest BCUT2D eigenvalue weighted by Gasteiger charge is 2.44. The van der Waals surface area contributed by atoms with E-state index in [2.05, 4.69) is 18.3 Å². The zero-order valence-corrected chi connectivity index (χ0v) is 18.0. The minimum atomic E-state index is -0.956. The first kappa shape index (κ1) is 20.3. The van der Waals surface area contributed by atoms with Crippen LogP contribution in [0.3, 0.4) is 0 Å². The van der Waals surface area contributed by atoms with E-state index in [4.69, 9.17) is 0 Å². The molecule has 0 bridgehead atoms. The number of amides is 3. The van der Waals surface area contributed by atoms with E-state index in [9.17, 15) is 19.6 Å². The fraction of sp³-hybridized carbons (Fsp3) is 0.391. The van der Waals surface area contributed by atoms with Gasteiger partial charge in [-0.15, -0.1) is 11.3 Å². The molecule has 0 radical (unpaired) electrons. The van der Waals surface area contributed by atoms with Crippen LogP contribution in [-0.4, -0.2) is 28.7 Å². The van der Waals surface area contributed by atoms with Gasteiger partial charge >= 0.3 is 0 Å². The first-order valence-electron chi connectivity index (χ1n) is 10.2. The first-order chi connectivity index (χ1) is 14.3. The Labute approximate surface area is 179 Å². The number of nitriles is 1. The Morgan fingerprint density at radius 2 is 1.87 bits per heavy atom. The number of nitrogens with zero attached hydrogens (tertiary/aromatic N) is 2. The van der Waals surface area contributed by atoms with Crippen molar-refractivity contribution in [2.24, 2.45) is 11.8 Å². The van der Waals surface area contributed by atoms with Crippen LogP contribution in [0.4, 0.5) is 5.00 Å². The van der Waals surface area contributed by atoms with Crippen molar-refractivity contribution in [3.63, 3.8) is 0 Å². The summed E-state index contributed by atoms with van der Waals surface area (Å²) < 4.78 is 0. The van der Waals surface area contributed by atoms with Crippen molar-refractivity contribution in [3.05, 3.63) is 51.4 Å². The van der Waals surface area contributed by atoms with Crippen molar-refractivity contribution >= 4 is 34.1 Å². The number of thiophene rings is 1. The van der Waals surface area contributed by atoms with Crippen LogP contribution < -0.4 is 5.32 Å². The van der Waals surface area contributed by atoms with Gasteiger partial charge in [0.2, 0.25) is 5.91 Å². The number of hydrogen-bond donors (Lipinski definition) is 1. The number of nitrogens with one attached hydrogen (secondary N) is 1. The highest BCUT2D eigenvalue weighted by atomic mass is 32.1. The predicted molar refractivity (Wildman–Crippen MR) is 114 cm³/mol. The van der Waals surface area contributed by atoms with Crippen molar-refractivity contribution in [2.75, 3.05) is 5.32 Å². The summed E-state index contributed by atoms with van der Waals surface area (Å²) in [6.07, 6.45) is 2.75. The normalized spacial score (nSPS) is 18.8. The number of fused-ring (bicyclic) bond motifs is 2. The number of carbonyl (C=O) groups excluding carboxylic acids is 3. The van der Waals surface area contributed by atoms with Gasteiger partial charge < -0.3 is 5.32 Å².